The molecule has 3 aromatic rings. The van der Waals surface area contributed by atoms with Crippen LogP contribution in [0.3, 0.4) is 0 Å². The number of nitrogens with two attached hydrogens (primary N) is 1. The van der Waals surface area contributed by atoms with Crippen molar-refractivity contribution in [1.29, 1.82) is 0 Å². The summed E-state index contributed by atoms with van der Waals surface area (Å²) in [5, 5.41) is 2.93. The van der Waals surface area contributed by atoms with Gasteiger partial charge in [0.05, 0.1) is 29.9 Å². The van der Waals surface area contributed by atoms with E-state index in [1.54, 1.807) is 6.20 Å². The lowest BCUT2D eigenvalue weighted by Crippen LogP contribution is -2.23. The summed E-state index contributed by atoms with van der Waals surface area (Å²) in [5.41, 5.74) is 10.1. The van der Waals surface area contributed by atoms with Crippen molar-refractivity contribution < 1.29 is 9.53 Å². The highest BCUT2D eigenvalue weighted by atomic mass is 16.5. The minimum Gasteiger partial charge on any atom is -0.493 e. The van der Waals surface area contributed by atoms with Crippen molar-refractivity contribution in [2.24, 2.45) is 0 Å². The fourth-order valence-corrected chi connectivity index (χ4v) is 3.32. The van der Waals surface area contributed by atoms with Crippen molar-refractivity contribution in [2.75, 3.05) is 36.1 Å². The first-order valence-corrected chi connectivity index (χ1v) is 9.51. The number of aryl methyl sites for hydroxylation is 1. The number of benzene rings is 2. The van der Waals surface area contributed by atoms with Crippen molar-refractivity contribution >= 4 is 23.1 Å². The van der Waals surface area contributed by atoms with E-state index in [2.05, 4.69) is 20.2 Å². The van der Waals surface area contributed by atoms with Crippen molar-refractivity contribution in [3.8, 4) is 17.0 Å². The average molecular weight is 389 g/mol. The lowest BCUT2D eigenvalue weighted by molar-refractivity contribution is 0.102. The van der Waals surface area contributed by atoms with Gasteiger partial charge in [0.2, 0.25) is 0 Å². The number of carbonyl (C=O) groups excluding carboxylic acids is 1. The number of rotatable bonds is 0. The Morgan fingerprint density at radius 3 is 2.90 bits per heavy atom. The summed E-state index contributed by atoms with van der Waals surface area (Å²) in [6.07, 6.45) is 2.41. The third-order valence-corrected chi connectivity index (χ3v) is 4.96. The smallest absolute Gasteiger partial charge is 0.278 e. The highest BCUT2D eigenvalue weighted by Crippen LogP contribution is 2.29. The summed E-state index contributed by atoms with van der Waals surface area (Å²) in [6, 6.07) is 13.5. The average Bonchev–Trinajstić information content (AvgIpc) is 2.72. The SMILES string of the molecule is Cc1ccc2cc1OCCCN(C)c1ccccc1NC(=O)c1nc-2cnc1N. The summed E-state index contributed by atoms with van der Waals surface area (Å²) in [6.45, 7) is 3.37. The summed E-state index contributed by atoms with van der Waals surface area (Å²) in [4.78, 5) is 23.7. The summed E-state index contributed by atoms with van der Waals surface area (Å²) < 4.78 is 6.02. The Morgan fingerprint density at radius 2 is 2.03 bits per heavy atom. The molecule has 7 nitrogen and oxygen atoms in total. The van der Waals surface area contributed by atoms with Crippen LogP contribution in [0.5, 0.6) is 5.75 Å². The van der Waals surface area contributed by atoms with Gasteiger partial charge in [-0.15, -0.1) is 0 Å². The second-order valence-electron chi connectivity index (χ2n) is 7.06. The van der Waals surface area contributed by atoms with E-state index in [1.807, 2.05) is 56.4 Å². The number of hydrogen-bond donors (Lipinski definition) is 2. The van der Waals surface area contributed by atoms with Crippen molar-refractivity contribution in [2.45, 2.75) is 13.3 Å². The van der Waals surface area contributed by atoms with E-state index in [0.29, 0.717) is 18.0 Å². The number of nitrogens with one attached hydrogen (secondary N) is 1. The Hall–Kier alpha value is -3.61. The monoisotopic (exact) mass is 389 g/mol. The molecule has 0 spiro atoms. The number of para-hydroxylation sites is 2. The molecule has 1 aliphatic heterocycles. The normalized spacial score (nSPS) is 14.1. The lowest BCUT2D eigenvalue weighted by Gasteiger charge is -2.22. The van der Waals surface area contributed by atoms with Gasteiger partial charge in [0.25, 0.3) is 5.91 Å². The van der Waals surface area contributed by atoms with E-state index in [1.165, 1.54) is 0 Å². The Bertz CT molecular complexity index is 1070. The molecule has 3 N–H and O–H groups in total. The van der Waals surface area contributed by atoms with Gasteiger partial charge in [0.1, 0.15) is 5.75 Å². The Kier molecular flexibility index (Phi) is 5.03. The molecule has 0 saturated heterocycles. The number of hydrogen-bond acceptors (Lipinski definition) is 6. The third-order valence-electron chi connectivity index (χ3n) is 4.96. The molecule has 0 fully saturated rings. The van der Waals surface area contributed by atoms with Gasteiger partial charge in [-0.1, -0.05) is 24.3 Å². The largest absolute Gasteiger partial charge is 0.493 e. The number of ether oxygens (including phenoxy) is 1. The van der Waals surface area contributed by atoms with E-state index < -0.39 is 5.91 Å². The fourth-order valence-electron chi connectivity index (χ4n) is 3.32. The van der Waals surface area contributed by atoms with Crippen LogP contribution in [-0.4, -0.2) is 36.1 Å². The van der Waals surface area contributed by atoms with Crippen LogP contribution in [0.4, 0.5) is 17.2 Å². The zero-order valence-electron chi connectivity index (χ0n) is 16.5. The van der Waals surface area contributed by atoms with Gasteiger partial charge >= 0.3 is 0 Å². The van der Waals surface area contributed by atoms with Crippen LogP contribution >= 0.6 is 0 Å². The number of nitrogen functional groups attached to an aromatic ring is 1. The molecule has 1 aliphatic rings. The van der Waals surface area contributed by atoms with Crippen LogP contribution < -0.4 is 20.7 Å². The maximum absolute atomic E-state index is 12.9. The van der Waals surface area contributed by atoms with Gasteiger partial charge in [0, 0.05) is 19.2 Å². The summed E-state index contributed by atoms with van der Waals surface area (Å²) >= 11 is 0. The highest BCUT2D eigenvalue weighted by Gasteiger charge is 2.18. The maximum Gasteiger partial charge on any atom is 0.278 e. The van der Waals surface area contributed by atoms with Gasteiger partial charge < -0.3 is 20.7 Å². The van der Waals surface area contributed by atoms with E-state index in [4.69, 9.17) is 10.5 Å². The quantitative estimate of drug-likeness (QED) is 0.611. The standard InChI is InChI=1S/C22H23N5O2/c1-14-8-9-15-12-19(14)29-11-5-10-27(2)18-7-4-3-6-16(18)26-22(28)20-21(23)24-13-17(15)25-20/h3-4,6-9,12-13H,5,10-11H2,1-2H3,(H2,23,24)(H,26,28). The summed E-state index contributed by atoms with van der Waals surface area (Å²) in [7, 11) is 1.99. The minimum absolute atomic E-state index is 0.0880. The van der Waals surface area contributed by atoms with Crippen LogP contribution in [0.15, 0.2) is 48.7 Å². The van der Waals surface area contributed by atoms with Gasteiger partial charge in [-0.3, -0.25) is 4.79 Å². The number of aromatic nitrogens is 2. The van der Waals surface area contributed by atoms with Gasteiger partial charge in [-0.25, -0.2) is 9.97 Å². The summed E-state index contributed by atoms with van der Waals surface area (Å²) in [5.74, 6) is 0.492. The molecule has 0 atom stereocenters. The number of amides is 1. The molecule has 148 valence electrons. The Morgan fingerprint density at radius 1 is 1.21 bits per heavy atom. The molecular weight excluding hydrogens is 366 g/mol. The number of anilines is 3. The molecule has 1 amide bonds. The molecule has 7 heteroatoms. The van der Waals surface area contributed by atoms with Crippen LogP contribution in [-0.2, 0) is 0 Å². The number of carbonyl (C=O) groups is 1. The molecule has 4 rings (SSSR count). The fraction of sp³-hybridized carbons (Fsp3) is 0.227. The van der Waals surface area contributed by atoms with Crippen molar-refractivity contribution in [1.82, 2.24) is 9.97 Å². The molecule has 0 saturated carbocycles. The Labute approximate surface area is 169 Å². The number of fused-ring (bicyclic) bond motifs is 6. The Balaban J connectivity index is 1.81. The zero-order chi connectivity index (χ0) is 20.4. The van der Waals surface area contributed by atoms with Gasteiger partial charge in [-0.05, 0) is 37.1 Å². The predicted octanol–water partition coefficient (Wildman–Crippen LogP) is 3.51. The maximum atomic E-state index is 12.9. The van der Waals surface area contributed by atoms with E-state index in [9.17, 15) is 4.79 Å². The second-order valence-corrected chi connectivity index (χ2v) is 7.06. The molecule has 0 aliphatic carbocycles. The van der Waals surface area contributed by atoms with Crippen LogP contribution in [0.1, 0.15) is 22.5 Å². The zero-order valence-corrected chi connectivity index (χ0v) is 16.5. The van der Waals surface area contributed by atoms with Crippen molar-refractivity contribution in [3.05, 3.63) is 59.9 Å². The first-order valence-electron chi connectivity index (χ1n) is 9.51. The van der Waals surface area contributed by atoms with E-state index in [-0.39, 0.29) is 11.5 Å². The third kappa shape index (κ3) is 3.85. The molecule has 0 radical (unpaired) electrons. The molecular formula is C22H23N5O2. The molecule has 1 aromatic heterocycles. The first kappa shape index (κ1) is 18.7. The molecule has 4 bridgehead atoms. The van der Waals surface area contributed by atoms with Crippen LogP contribution in [0, 0.1) is 6.92 Å². The molecule has 2 aromatic carbocycles. The van der Waals surface area contributed by atoms with Gasteiger partial charge in [0.15, 0.2) is 11.5 Å². The predicted molar refractivity (Wildman–Crippen MR) is 114 cm³/mol. The van der Waals surface area contributed by atoms with E-state index in [0.717, 1.165) is 35.5 Å². The van der Waals surface area contributed by atoms with Gasteiger partial charge in [-0.2, -0.15) is 0 Å². The topological polar surface area (TPSA) is 93.4 Å². The highest BCUT2D eigenvalue weighted by molar-refractivity contribution is 6.07. The van der Waals surface area contributed by atoms with Crippen LogP contribution in [0.2, 0.25) is 0 Å². The molecule has 2 heterocycles. The van der Waals surface area contributed by atoms with E-state index >= 15 is 0 Å². The minimum atomic E-state index is -0.392. The van der Waals surface area contributed by atoms with Crippen molar-refractivity contribution in [3.63, 3.8) is 0 Å². The lowest BCUT2D eigenvalue weighted by atomic mass is 10.1. The molecule has 29 heavy (non-hydrogen) atoms. The number of nitrogens with zero attached hydrogens (tertiary/aromatic N) is 3. The van der Waals surface area contributed by atoms with Crippen LogP contribution in [0.25, 0.3) is 11.3 Å². The first-order chi connectivity index (χ1) is 14.0. The second kappa shape index (κ2) is 7.79. The molecule has 0 unspecified atom stereocenters.